The molecule has 7 heteroatoms. The lowest BCUT2D eigenvalue weighted by Gasteiger charge is -2.40. The third-order valence-corrected chi connectivity index (χ3v) is 6.67. The first-order valence-electron chi connectivity index (χ1n) is 11.5. The van der Waals surface area contributed by atoms with Gasteiger partial charge in [-0.3, -0.25) is 4.79 Å². The number of carbonyl (C=O) groups excluding carboxylic acids is 1. The van der Waals surface area contributed by atoms with E-state index < -0.39 is 29.6 Å². The van der Waals surface area contributed by atoms with Gasteiger partial charge < -0.3 is 16.2 Å². The molecule has 0 spiro atoms. The highest BCUT2D eigenvalue weighted by Gasteiger charge is 2.35. The van der Waals surface area contributed by atoms with Gasteiger partial charge in [0, 0.05) is 18.2 Å². The molecule has 0 heterocycles. The number of aliphatic hydroxyl groups is 1. The van der Waals surface area contributed by atoms with Gasteiger partial charge in [-0.2, -0.15) is 0 Å². The van der Waals surface area contributed by atoms with Crippen molar-refractivity contribution in [2.45, 2.75) is 69.9 Å². The molecule has 1 amide bonds. The number of nitrogens with two attached hydrogens (primary N) is 1. The molecule has 0 radical (unpaired) electrons. The van der Waals surface area contributed by atoms with Gasteiger partial charge in [0.05, 0.1) is 12.0 Å². The van der Waals surface area contributed by atoms with Crippen LogP contribution >= 0.6 is 12.4 Å². The molecule has 182 valence electrons. The lowest BCUT2D eigenvalue weighted by atomic mass is 9.75. The van der Waals surface area contributed by atoms with Crippen LogP contribution in [0.1, 0.15) is 68.6 Å². The molecule has 2 aromatic carbocycles. The number of primary amides is 1. The van der Waals surface area contributed by atoms with Crippen molar-refractivity contribution in [1.29, 1.82) is 0 Å². The van der Waals surface area contributed by atoms with Gasteiger partial charge in [-0.1, -0.05) is 57.4 Å². The summed E-state index contributed by atoms with van der Waals surface area (Å²) >= 11 is 0. The van der Waals surface area contributed by atoms with Crippen LogP contribution in [0.25, 0.3) is 0 Å². The van der Waals surface area contributed by atoms with Crippen LogP contribution in [0.5, 0.6) is 0 Å². The highest BCUT2D eigenvalue weighted by atomic mass is 35.5. The number of hydrogen-bond acceptors (Lipinski definition) is 3. The van der Waals surface area contributed by atoms with Gasteiger partial charge in [0.15, 0.2) is 0 Å². The summed E-state index contributed by atoms with van der Waals surface area (Å²) < 4.78 is 27.1. The zero-order valence-electron chi connectivity index (χ0n) is 19.3. The smallest absolute Gasteiger partial charge is 0.223 e. The van der Waals surface area contributed by atoms with Gasteiger partial charge in [0.1, 0.15) is 11.6 Å². The fourth-order valence-corrected chi connectivity index (χ4v) is 4.77. The molecule has 1 aliphatic rings. The minimum absolute atomic E-state index is 0. The Labute approximate surface area is 201 Å². The minimum Gasteiger partial charge on any atom is -0.391 e. The molecule has 1 saturated carbocycles. The Morgan fingerprint density at radius 2 is 1.73 bits per heavy atom. The SMILES string of the molecule is CC(C)c1cccc(C2(NC[C@H](O)[C@H](Cc3cc(F)cc(F)c3)C(N)=O)CCCCC2)c1.Cl. The number of rotatable bonds is 9. The Morgan fingerprint density at radius 1 is 1.09 bits per heavy atom. The van der Waals surface area contributed by atoms with E-state index in [-0.39, 0.29) is 30.9 Å². The Kier molecular flexibility index (Phi) is 9.83. The van der Waals surface area contributed by atoms with E-state index in [1.807, 2.05) is 0 Å². The lowest BCUT2D eigenvalue weighted by Crippen LogP contribution is -2.50. The predicted octanol–water partition coefficient (Wildman–Crippen LogP) is 4.96. The van der Waals surface area contributed by atoms with E-state index in [1.165, 1.54) is 29.7 Å². The number of halogens is 3. The fourth-order valence-electron chi connectivity index (χ4n) is 4.77. The summed E-state index contributed by atoms with van der Waals surface area (Å²) in [7, 11) is 0. The van der Waals surface area contributed by atoms with Crippen LogP contribution in [-0.2, 0) is 16.8 Å². The predicted molar refractivity (Wildman–Crippen MR) is 129 cm³/mol. The third kappa shape index (κ3) is 6.98. The van der Waals surface area contributed by atoms with Crippen LogP contribution < -0.4 is 11.1 Å². The van der Waals surface area contributed by atoms with Crippen molar-refractivity contribution in [3.63, 3.8) is 0 Å². The summed E-state index contributed by atoms with van der Waals surface area (Å²) in [5, 5.41) is 14.4. The fraction of sp³-hybridized carbons (Fsp3) is 0.500. The maximum absolute atomic E-state index is 13.6. The minimum atomic E-state index is -1.08. The second-order valence-electron chi connectivity index (χ2n) is 9.36. The topological polar surface area (TPSA) is 75.3 Å². The maximum Gasteiger partial charge on any atom is 0.223 e. The summed E-state index contributed by atoms with van der Waals surface area (Å²) in [4.78, 5) is 12.1. The first-order chi connectivity index (χ1) is 15.2. The van der Waals surface area contributed by atoms with E-state index >= 15 is 0 Å². The van der Waals surface area contributed by atoms with Crippen molar-refractivity contribution in [2.75, 3.05) is 6.54 Å². The maximum atomic E-state index is 13.6. The zero-order valence-corrected chi connectivity index (χ0v) is 20.1. The molecular formula is C26H35ClF2N2O2. The van der Waals surface area contributed by atoms with Gasteiger partial charge in [-0.15, -0.1) is 12.4 Å². The van der Waals surface area contributed by atoms with E-state index in [1.54, 1.807) is 0 Å². The van der Waals surface area contributed by atoms with Crippen molar-refractivity contribution >= 4 is 18.3 Å². The van der Waals surface area contributed by atoms with Crippen molar-refractivity contribution in [3.8, 4) is 0 Å². The summed E-state index contributed by atoms with van der Waals surface area (Å²) in [6, 6.07) is 11.7. The summed E-state index contributed by atoms with van der Waals surface area (Å²) in [5.74, 6) is -2.68. The Bertz CT molecular complexity index is 912. The van der Waals surface area contributed by atoms with Gasteiger partial charge in [0.2, 0.25) is 5.91 Å². The molecule has 4 N–H and O–H groups in total. The molecule has 0 aliphatic heterocycles. The molecule has 2 aromatic rings. The summed E-state index contributed by atoms with van der Waals surface area (Å²) in [5.41, 5.74) is 8.02. The molecule has 3 rings (SSSR count). The molecule has 1 aliphatic carbocycles. The first kappa shape index (κ1) is 27.2. The third-order valence-electron chi connectivity index (χ3n) is 6.67. The lowest BCUT2D eigenvalue weighted by molar-refractivity contribution is -0.125. The van der Waals surface area contributed by atoms with Crippen LogP contribution in [0.4, 0.5) is 8.78 Å². The second kappa shape index (κ2) is 11.9. The highest BCUT2D eigenvalue weighted by molar-refractivity contribution is 5.85. The van der Waals surface area contributed by atoms with Crippen molar-refractivity contribution in [1.82, 2.24) is 5.32 Å². The number of carbonyl (C=O) groups is 1. The molecule has 1 fully saturated rings. The van der Waals surface area contributed by atoms with Crippen molar-refractivity contribution in [2.24, 2.45) is 11.7 Å². The number of aliphatic hydroxyl groups excluding tert-OH is 1. The average Bonchev–Trinajstić information content (AvgIpc) is 2.75. The normalized spacial score (nSPS) is 17.3. The van der Waals surface area contributed by atoms with Crippen LogP contribution in [-0.4, -0.2) is 23.7 Å². The Balaban J connectivity index is 0.00000385. The number of nitrogens with one attached hydrogen (secondary N) is 1. The monoisotopic (exact) mass is 480 g/mol. The zero-order chi connectivity index (χ0) is 23.3. The van der Waals surface area contributed by atoms with Crippen LogP contribution in [0.2, 0.25) is 0 Å². The molecule has 0 unspecified atom stereocenters. The highest BCUT2D eigenvalue weighted by Crippen LogP contribution is 2.38. The van der Waals surface area contributed by atoms with Crippen LogP contribution in [0.15, 0.2) is 42.5 Å². The molecular weight excluding hydrogens is 446 g/mol. The quantitative estimate of drug-likeness (QED) is 0.474. The number of benzene rings is 2. The number of hydrogen-bond donors (Lipinski definition) is 3. The van der Waals surface area contributed by atoms with E-state index in [0.29, 0.717) is 11.5 Å². The van der Waals surface area contributed by atoms with Gasteiger partial charge >= 0.3 is 0 Å². The van der Waals surface area contributed by atoms with Gasteiger partial charge in [0.25, 0.3) is 0 Å². The summed E-state index contributed by atoms with van der Waals surface area (Å²) in [6.07, 6.45) is 4.11. The molecule has 33 heavy (non-hydrogen) atoms. The Morgan fingerprint density at radius 3 is 2.30 bits per heavy atom. The van der Waals surface area contributed by atoms with E-state index in [2.05, 4.69) is 43.4 Å². The van der Waals surface area contributed by atoms with Crippen LogP contribution in [0, 0.1) is 17.6 Å². The molecule has 0 aromatic heterocycles. The van der Waals surface area contributed by atoms with Crippen LogP contribution in [0.3, 0.4) is 0 Å². The molecule has 0 saturated heterocycles. The largest absolute Gasteiger partial charge is 0.391 e. The standard InChI is InChI=1S/C26H34F2N2O2.ClH/c1-17(2)19-7-6-8-20(14-19)26(9-4-3-5-10-26)30-16-24(31)23(25(29)32)13-18-11-21(27)15-22(28)12-18;/h6-8,11-12,14-15,17,23-24,30-31H,3-5,9-10,13,16H2,1-2H3,(H2,29,32);1H/t23-,24-;/m0./s1. The first-order valence-corrected chi connectivity index (χ1v) is 11.5. The van der Waals surface area contributed by atoms with Crippen molar-refractivity contribution in [3.05, 3.63) is 70.8 Å². The van der Waals surface area contributed by atoms with Gasteiger partial charge in [-0.25, -0.2) is 8.78 Å². The van der Waals surface area contributed by atoms with Gasteiger partial charge in [-0.05, 0) is 54.0 Å². The van der Waals surface area contributed by atoms with E-state index in [9.17, 15) is 18.7 Å². The molecule has 2 atom stereocenters. The van der Waals surface area contributed by atoms with E-state index in [4.69, 9.17) is 5.73 Å². The van der Waals surface area contributed by atoms with E-state index in [0.717, 1.165) is 31.7 Å². The number of amides is 1. The Hall–Kier alpha value is -2.02. The summed E-state index contributed by atoms with van der Waals surface area (Å²) in [6.45, 7) is 4.49. The molecule has 0 bridgehead atoms. The molecule has 4 nitrogen and oxygen atoms in total. The average molecular weight is 481 g/mol. The van der Waals surface area contributed by atoms with Crippen molar-refractivity contribution < 1.29 is 18.7 Å². The second-order valence-corrected chi connectivity index (χ2v) is 9.36.